The number of rotatable bonds is 6. The van der Waals surface area contributed by atoms with Gasteiger partial charge in [-0.05, 0) is 38.8 Å². The van der Waals surface area contributed by atoms with Crippen LogP contribution in [-0.2, 0) is 4.74 Å². The minimum atomic E-state index is -1.03. The number of hydrogen-bond donors (Lipinski definition) is 1. The van der Waals surface area contributed by atoms with Crippen molar-refractivity contribution in [1.29, 1.82) is 0 Å². The van der Waals surface area contributed by atoms with Crippen LogP contribution in [0.25, 0.3) is 0 Å². The third-order valence-electron chi connectivity index (χ3n) is 3.24. The van der Waals surface area contributed by atoms with Crippen molar-refractivity contribution in [2.75, 3.05) is 13.2 Å². The van der Waals surface area contributed by atoms with E-state index in [0.29, 0.717) is 19.0 Å². The molecule has 0 aromatic heterocycles. The lowest BCUT2D eigenvalue weighted by atomic mass is 10.2. The van der Waals surface area contributed by atoms with E-state index < -0.39 is 5.97 Å². The minimum absolute atomic E-state index is 0.0151. The minimum Gasteiger partial charge on any atom is -0.490 e. The van der Waals surface area contributed by atoms with Crippen molar-refractivity contribution < 1.29 is 24.1 Å². The molecule has 0 spiro atoms. The normalized spacial score (nSPS) is 21.7. The summed E-state index contributed by atoms with van der Waals surface area (Å²) in [5.41, 5.74) is 0.113. The number of para-hydroxylation sites is 1. The van der Waals surface area contributed by atoms with E-state index >= 15 is 0 Å². The number of carboxylic acid groups (broad SMARTS) is 1. The molecule has 1 aromatic carbocycles. The van der Waals surface area contributed by atoms with Crippen LogP contribution in [0.3, 0.4) is 0 Å². The molecule has 1 heterocycles. The van der Waals surface area contributed by atoms with Crippen LogP contribution in [0.4, 0.5) is 0 Å². The number of carbonyl (C=O) groups is 1. The molecule has 0 radical (unpaired) electrons. The Bertz CT molecular complexity index is 471. The van der Waals surface area contributed by atoms with Gasteiger partial charge in [0.2, 0.25) is 0 Å². The Kier molecular flexibility index (Phi) is 4.84. The Morgan fingerprint density at radius 3 is 2.80 bits per heavy atom. The molecule has 110 valence electrons. The molecule has 1 aromatic rings. The van der Waals surface area contributed by atoms with Gasteiger partial charge < -0.3 is 19.3 Å². The van der Waals surface area contributed by atoms with Crippen molar-refractivity contribution >= 4 is 5.97 Å². The van der Waals surface area contributed by atoms with Crippen molar-refractivity contribution in [3.63, 3.8) is 0 Å². The summed E-state index contributed by atoms with van der Waals surface area (Å²) >= 11 is 0. The van der Waals surface area contributed by atoms with Gasteiger partial charge in [0.15, 0.2) is 11.5 Å². The van der Waals surface area contributed by atoms with Crippen LogP contribution in [0.2, 0.25) is 0 Å². The maximum Gasteiger partial charge on any atom is 0.339 e. The zero-order chi connectivity index (χ0) is 14.5. The second kappa shape index (κ2) is 6.61. The third kappa shape index (κ3) is 3.42. The van der Waals surface area contributed by atoms with Crippen LogP contribution in [0.1, 0.15) is 37.0 Å². The highest BCUT2D eigenvalue weighted by Gasteiger charge is 2.24. The van der Waals surface area contributed by atoms with Gasteiger partial charge in [-0.3, -0.25) is 0 Å². The molecule has 0 saturated carbocycles. The Labute approximate surface area is 118 Å². The first-order valence-corrected chi connectivity index (χ1v) is 6.89. The van der Waals surface area contributed by atoms with Crippen LogP contribution < -0.4 is 9.47 Å². The second-order valence-corrected chi connectivity index (χ2v) is 4.83. The molecule has 1 saturated heterocycles. The fourth-order valence-electron chi connectivity index (χ4n) is 2.29. The largest absolute Gasteiger partial charge is 0.490 e. The molecule has 2 atom stereocenters. The highest BCUT2D eigenvalue weighted by atomic mass is 16.6. The van der Waals surface area contributed by atoms with E-state index in [1.165, 1.54) is 6.07 Å². The molecule has 5 heteroatoms. The molecule has 20 heavy (non-hydrogen) atoms. The summed E-state index contributed by atoms with van der Waals surface area (Å²) < 4.78 is 16.8. The molecule has 0 aliphatic carbocycles. The van der Waals surface area contributed by atoms with Crippen molar-refractivity contribution in [3.05, 3.63) is 23.8 Å². The molecule has 1 aliphatic heterocycles. The lowest BCUT2D eigenvalue weighted by Gasteiger charge is -2.17. The van der Waals surface area contributed by atoms with Crippen LogP contribution in [0.5, 0.6) is 11.5 Å². The van der Waals surface area contributed by atoms with Gasteiger partial charge in [0.25, 0.3) is 0 Å². The van der Waals surface area contributed by atoms with Gasteiger partial charge in [-0.2, -0.15) is 0 Å². The van der Waals surface area contributed by atoms with Crippen LogP contribution in [-0.4, -0.2) is 36.5 Å². The summed E-state index contributed by atoms with van der Waals surface area (Å²) in [4.78, 5) is 11.3. The maximum absolute atomic E-state index is 11.3. The first kappa shape index (κ1) is 14.7. The second-order valence-electron chi connectivity index (χ2n) is 4.83. The van der Waals surface area contributed by atoms with Crippen LogP contribution in [0.15, 0.2) is 18.2 Å². The van der Waals surface area contributed by atoms with Crippen molar-refractivity contribution in [1.82, 2.24) is 0 Å². The molecule has 1 fully saturated rings. The molecule has 0 bridgehead atoms. The molecule has 5 nitrogen and oxygen atoms in total. The maximum atomic E-state index is 11.3. The van der Waals surface area contributed by atoms with E-state index in [2.05, 4.69) is 0 Å². The van der Waals surface area contributed by atoms with E-state index in [0.717, 1.165) is 12.8 Å². The standard InChI is InChI=1S/C15H20O5/c1-3-18-13-6-4-5-12(15(16)17)14(13)19-9-11-8-7-10(2)20-11/h4-6,10-11H,3,7-9H2,1-2H3,(H,16,17). The van der Waals surface area contributed by atoms with E-state index in [9.17, 15) is 9.90 Å². The molecule has 2 rings (SSSR count). The molecular formula is C15H20O5. The summed E-state index contributed by atoms with van der Waals surface area (Å²) in [5.74, 6) is -0.286. The van der Waals surface area contributed by atoms with E-state index in [4.69, 9.17) is 14.2 Å². The molecular weight excluding hydrogens is 260 g/mol. The number of hydrogen-bond acceptors (Lipinski definition) is 4. The van der Waals surface area contributed by atoms with E-state index in [-0.39, 0.29) is 23.5 Å². The number of ether oxygens (including phenoxy) is 3. The lowest BCUT2D eigenvalue weighted by molar-refractivity contribution is 0.0252. The Balaban J connectivity index is 2.13. The first-order valence-electron chi connectivity index (χ1n) is 6.89. The Morgan fingerprint density at radius 2 is 2.20 bits per heavy atom. The highest BCUT2D eigenvalue weighted by molar-refractivity contribution is 5.92. The zero-order valence-corrected chi connectivity index (χ0v) is 11.8. The average Bonchev–Trinajstić information content (AvgIpc) is 2.83. The third-order valence-corrected chi connectivity index (χ3v) is 3.24. The van der Waals surface area contributed by atoms with Crippen LogP contribution in [0, 0.1) is 0 Å². The zero-order valence-electron chi connectivity index (χ0n) is 11.8. The average molecular weight is 280 g/mol. The van der Waals surface area contributed by atoms with Gasteiger partial charge >= 0.3 is 5.97 Å². The van der Waals surface area contributed by atoms with Crippen molar-refractivity contribution in [2.24, 2.45) is 0 Å². The number of benzene rings is 1. The summed E-state index contributed by atoms with van der Waals surface area (Å²) in [6.07, 6.45) is 2.19. The van der Waals surface area contributed by atoms with E-state index in [1.807, 2.05) is 13.8 Å². The van der Waals surface area contributed by atoms with Gasteiger partial charge in [-0.25, -0.2) is 4.79 Å². The quantitative estimate of drug-likeness (QED) is 0.868. The van der Waals surface area contributed by atoms with E-state index in [1.54, 1.807) is 12.1 Å². The molecule has 1 aliphatic rings. The van der Waals surface area contributed by atoms with Crippen molar-refractivity contribution in [2.45, 2.75) is 38.9 Å². The summed E-state index contributed by atoms with van der Waals surface area (Å²) in [6, 6.07) is 4.87. The topological polar surface area (TPSA) is 65.0 Å². The smallest absolute Gasteiger partial charge is 0.339 e. The Morgan fingerprint density at radius 1 is 1.40 bits per heavy atom. The molecule has 0 amide bonds. The molecule has 1 N–H and O–H groups in total. The van der Waals surface area contributed by atoms with Crippen molar-refractivity contribution in [3.8, 4) is 11.5 Å². The number of aromatic carboxylic acids is 1. The van der Waals surface area contributed by atoms with Gasteiger partial charge in [0, 0.05) is 0 Å². The van der Waals surface area contributed by atoms with Crippen LogP contribution >= 0.6 is 0 Å². The summed E-state index contributed by atoms with van der Waals surface area (Å²) in [5, 5.41) is 9.23. The Hall–Kier alpha value is -1.75. The lowest BCUT2D eigenvalue weighted by Crippen LogP contribution is -2.19. The monoisotopic (exact) mass is 280 g/mol. The van der Waals surface area contributed by atoms with Gasteiger partial charge in [0.05, 0.1) is 18.8 Å². The predicted octanol–water partition coefficient (Wildman–Crippen LogP) is 2.73. The van der Waals surface area contributed by atoms with Gasteiger partial charge in [-0.1, -0.05) is 6.07 Å². The van der Waals surface area contributed by atoms with Gasteiger partial charge in [0.1, 0.15) is 12.2 Å². The van der Waals surface area contributed by atoms with Gasteiger partial charge in [-0.15, -0.1) is 0 Å². The SMILES string of the molecule is CCOc1cccc(C(=O)O)c1OCC1CCC(C)O1. The number of carboxylic acids is 1. The summed E-state index contributed by atoms with van der Waals surface area (Å²) in [6.45, 7) is 4.67. The fourth-order valence-corrected chi connectivity index (χ4v) is 2.29. The predicted molar refractivity (Wildman–Crippen MR) is 73.6 cm³/mol. The summed E-state index contributed by atoms with van der Waals surface area (Å²) in [7, 11) is 0. The fraction of sp³-hybridized carbons (Fsp3) is 0.533. The molecule has 2 unspecified atom stereocenters. The first-order chi connectivity index (χ1) is 9.61. The highest BCUT2D eigenvalue weighted by Crippen LogP contribution is 2.32.